The van der Waals surface area contributed by atoms with E-state index in [-0.39, 0.29) is 11.8 Å². The van der Waals surface area contributed by atoms with Crippen molar-refractivity contribution in [1.29, 1.82) is 0 Å². The molecule has 6 rings (SSSR count). The predicted octanol–water partition coefficient (Wildman–Crippen LogP) is 4.19. The Labute approximate surface area is 249 Å². The molecule has 3 N–H and O–H groups in total. The van der Waals surface area contributed by atoms with Crippen LogP contribution in [0.4, 0.5) is 0 Å². The summed E-state index contributed by atoms with van der Waals surface area (Å²) in [4.78, 5) is 43.0. The van der Waals surface area contributed by atoms with Gasteiger partial charge >= 0.3 is 11.4 Å². The van der Waals surface area contributed by atoms with Crippen LogP contribution in [0.3, 0.4) is 0 Å². The molecule has 4 aromatic rings. The number of carbonyl (C=O) groups is 3. The lowest BCUT2D eigenvalue weighted by atomic mass is 10.0. The zero-order valence-corrected chi connectivity index (χ0v) is 23.8. The van der Waals surface area contributed by atoms with Crippen LogP contribution in [0.2, 0.25) is 0 Å². The second-order valence-electron chi connectivity index (χ2n) is 11.2. The third-order valence-electron chi connectivity index (χ3n) is 8.28. The van der Waals surface area contributed by atoms with Crippen molar-refractivity contribution in [2.75, 3.05) is 6.54 Å². The number of fused-ring (bicyclic) bond motifs is 1. The number of aromatic nitrogens is 2. The van der Waals surface area contributed by atoms with Crippen molar-refractivity contribution in [3.05, 3.63) is 102 Å². The molecular weight excluding hydrogens is 544 g/mol. The minimum absolute atomic E-state index is 0.229. The highest BCUT2D eigenvalue weighted by molar-refractivity contribution is 5.98. The molecule has 0 bridgehead atoms. The molecule has 1 aliphatic carbocycles. The molecule has 0 radical (unpaired) electrons. The first kappa shape index (κ1) is 28.0. The van der Waals surface area contributed by atoms with Gasteiger partial charge in [0.2, 0.25) is 5.91 Å². The zero-order chi connectivity index (χ0) is 30.1. The molecule has 218 valence electrons. The first-order valence-corrected chi connectivity index (χ1v) is 14.4. The summed E-state index contributed by atoms with van der Waals surface area (Å²) in [7, 11) is 0. The number of ether oxygens (including phenoxy) is 1. The molecule has 2 aliphatic rings. The molecule has 2 heterocycles. The van der Waals surface area contributed by atoms with Gasteiger partial charge in [-0.1, -0.05) is 36.4 Å². The van der Waals surface area contributed by atoms with Crippen molar-refractivity contribution in [2.24, 2.45) is 5.73 Å². The normalized spacial score (nSPS) is 18.4. The van der Waals surface area contributed by atoms with Gasteiger partial charge in [0.15, 0.2) is 0 Å². The molecule has 1 aromatic heterocycles. The number of likely N-dealkylation sites (tertiary alicyclic amines) is 1. The standard InChI is InChI=1S/C33H32N6O4/c1-21(37-32(42)33(35-2)15-16-33)29(22-8-4-3-5-9-22)43-26-13-14-27-24(19-26)20-36-39(27)25-11-6-10-23(18-25)31(41)38-17-7-12-28(38)30(34)40/h3-6,8-11,13-14,18-21,28-29H,7,12,15-17H2,1H3,(H2,34,40)(H,37,42)/t21-,28+,29-/m0/s1. The van der Waals surface area contributed by atoms with E-state index >= 15 is 0 Å². The molecular formula is C33H32N6O4. The summed E-state index contributed by atoms with van der Waals surface area (Å²) >= 11 is 0. The summed E-state index contributed by atoms with van der Waals surface area (Å²) in [6.45, 7) is 9.80. The summed E-state index contributed by atoms with van der Waals surface area (Å²) in [6.07, 6.45) is 3.72. The van der Waals surface area contributed by atoms with Gasteiger partial charge in [0.25, 0.3) is 5.91 Å². The molecule has 10 heteroatoms. The molecule has 1 saturated carbocycles. The van der Waals surface area contributed by atoms with Crippen LogP contribution in [-0.4, -0.2) is 56.6 Å². The van der Waals surface area contributed by atoms with Crippen LogP contribution in [0.15, 0.2) is 79.0 Å². The fraction of sp³-hybridized carbons (Fsp3) is 0.303. The Kier molecular flexibility index (Phi) is 7.32. The van der Waals surface area contributed by atoms with E-state index in [9.17, 15) is 14.4 Å². The number of nitrogens with one attached hydrogen (secondary N) is 1. The molecule has 2 fully saturated rings. The Bertz CT molecular complexity index is 1740. The van der Waals surface area contributed by atoms with Crippen LogP contribution in [0.25, 0.3) is 21.4 Å². The Balaban J connectivity index is 1.24. The van der Waals surface area contributed by atoms with Crippen molar-refractivity contribution in [2.45, 2.75) is 56.3 Å². The first-order chi connectivity index (χ1) is 20.8. The zero-order valence-electron chi connectivity index (χ0n) is 23.8. The lowest BCUT2D eigenvalue weighted by Crippen LogP contribution is -2.44. The fourth-order valence-corrected chi connectivity index (χ4v) is 5.71. The first-order valence-electron chi connectivity index (χ1n) is 14.4. The molecule has 10 nitrogen and oxygen atoms in total. The van der Waals surface area contributed by atoms with Crippen LogP contribution in [-0.2, 0) is 9.59 Å². The van der Waals surface area contributed by atoms with Crippen LogP contribution in [0.1, 0.15) is 54.6 Å². The average molecular weight is 577 g/mol. The Hall–Kier alpha value is -5.17. The molecule has 1 aliphatic heterocycles. The molecule has 43 heavy (non-hydrogen) atoms. The van der Waals surface area contributed by atoms with Gasteiger partial charge in [-0.25, -0.2) is 11.3 Å². The number of nitrogens with zero attached hydrogens (tertiary/aromatic N) is 4. The lowest BCUT2D eigenvalue weighted by Gasteiger charge is -2.26. The highest BCUT2D eigenvalue weighted by atomic mass is 16.5. The van der Waals surface area contributed by atoms with Gasteiger partial charge in [-0.05, 0) is 61.7 Å². The second kappa shape index (κ2) is 11.2. The van der Waals surface area contributed by atoms with Crippen molar-refractivity contribution in [1.82, 2.24) is 20.0 Å². The lowest BCUT2D eigenvalue weighted by molar-refractivity contribution is -0.123. The topological polar surface area (TPSA) is 124 Å². The van der Waals surface area contributed by atoms with Crippen LogP contribution in [0, 0.1) is 6.57 Å². The Morgan fingerprint density at radius 3 is 2.60 bits per heavy atom. The van der Waals surface area contributed by atoms with E-state index in [1.54, 1.807) is 34.0 Å². The molecule has 3 atom stereocenters. The average Bonchev–Trinajstić information content (AvgIpc) is 3.47. The third kappa shape index (κ3) is 5.42. The van der Waals surface area contributed by atoms with Crippen LogP contribution >= 0.6 is 0 Å². The number of primary amides is 1. The van der Waals surface area contributed by atoms with E-state index in [2.05, 4.69) is 15.3 Å². The second-order valence-corrected chi connectivity index (χ2v) is 11.2. The van der Waals surface area contributed by atoms with Crippen molar-refractivity contribution in [3.63, 3.8) is 0 Å². The number of hydrogen-bond donors (Lipinski definition) is 2. The van der Waals surface area contributed by atoms with Crippen molar-refractivity contribution >= 4 is 28.6 Å². The fourth-order valence-electron chi connectivity index (χ4n) is 5.71. The predicted molar refractivity (Wildman–Crippen MR) is 160 cm³/mol. The van der Waals surface area contributed by atoms with Gasteiger partial charge in [-0.2, -0.15) is 5.10 Å². The van der Waals surface area contributed by atoms with Gasteiger partial charge in [0.05, 0.1) is 23.4 Å². The minimum atomic E-state index is -0.942. The minimum Gasteiger partial charge on any atom is -0.484 e. The number of amides is 3. The third-order valence-corrected chi connectivity index (χ3v) is 8.28. The number of carbonyl (C=O) groups excluding carboxylic acids is 3. The van der Waals surface area contributed by atoms with Crippen molar-refractivity contribution < 1.29 is 19.1 Å². The Morgan fingerprint density at radius 1 is 1.09 bits per heavy atom. The molecule has 0 spiro atoms. The molecule has 0 unspecified atom stereocenters. The smallest absolute Gasteiger partial charge is 0.309 e. The maximum atomic E-state index is 13.2. The molecule has 3 aromatic carbocycles. The van der Waals surface area contributed by atoms with E-state index in [0.29, 0.717) is 42.8 Å². The van der Waals surface area contributed by atoms with E-state index < -0.39 is 29.6 Å². The number of hydrogen-bond acceptors (Lipinski definition) is 5. The highest BCUT2D eigenvalue weighted by Crippen LogP contribution is 2.40. The number of rotatable bonds is 9. The van der Waals surface area contributed by atoms with E-state index in [4.69, 9.17) is 17.0 Å². The summed E-state index contributed by atoms with van der Waals surface area (Å²) in [5.74, 6) is -0.373. The molecule has 1 saturated heterocycles. The SMILES string of the molecule is [C-]#[N+]C1(C(=O)N[C@@H](C)[C@H](Oc2ccc3c(cnn3-c3cccc(C(=O)N4CCC[C@@H]4C(N)=O)c3)c2)c2ccccc2)CC1. The van der Waals surface area contributed by atoms with Crippen LogP contribution in [0.5, 0.6) is 5.75 Å². The van der Waals surface area contributed by atoms with Gasteiger partial charge in [-0.15, -0.1) is 0 Å². The van der Waals surface area contributed by atoms with Gasteiger partial charge in [-0.3, -0.25) is 19.2 Å². The summed E-state index contributed by atoms with van der Waals surface area (Å²) < 4.78 is 8.23. The summed E-state index contributed by atoms with van der Waals surface area (Å²) in [5.41, 5.74) is 7.47. The maximum absolute atomic E-state index is 13.2. The van der Waals surface area contributed by atoms with E-state index in [1.165, 1.54) is 0 Å². The molecule has 3 amide bonds. The van der Waals surface area contributed by atoms with E-state index in [1.807, 2.05) is 61.5 Å². The van der Waals surface area contributed by atoms with Gasteiger partial charge in [0, 0.05) is 30.3 Å². The van der Waals surface area contributed by atoms with E-state index in [0.717, 1.165) is 22.9 Å². The number of nitrogens with two attached hydrogens (primary N) is 1. The quantitative estimate of drug-likeness (QED) is 0.289. The van der Waals surface area contributed by atoms with Gasteiger partial charge < -0.3 is 20.7 Å². The summed E-state index contributed by atoms with van der Waals surface area (Å²) in [6, 6.07) is 21.5. The van der Waals surface area contributed by atoms with Gasteiger partial charge in [0.1, 0.15) is 17.9 Å². The van der Waals surface area contributed by atoms with Crippen LogP contribution < -0.4 is 15.8 Å². The summed E-state index contributed by atoms with van der Waals surface area (Å²) in [5, 5.41) is 8.42. The monoisotopic (exact) mass is 576 g/mol. The Morgan fingerprint density at radius 2 is 1.88 bits per heavy atom. The highest BCUT2D eigenvalue weighted by Gasteiger charge is 2.58. The van der Waals surface area contributed by atoms with Crippen molar-refractivity contribution in [3.8, 4) is 11.4 Å². The largest absolute Gasteiger partial charge is 0.484 e. The number of benzene rings is 3. The maximum Gasteiger partial charge on any atom is 0.309 e.